The van der Waals surface area contributed by atoms with E-state index in [9.17, 15) is 9.59 Å². The van der Waals surface area contributed by atoms with E-state index in [2.05, 4.69) is 58.9 Å². The molecule has 0 aliphatic carbocycles. The Labute approximate surface area is 221 Å². The highest BCUT2D eigenvalue weighted by atomic mass is 28.4. The quantitative estimate of drug-likeness (QED) is 0.271. The maximum atomic E-state index is 13.6. The first-order chi connectivity index (χ1) is 16.4. The number of Topliss-reactive ketones (excluding diaryl/α,β-unsaturated/α-hetero) is 1. The Morgan fingerprint density at radius 2 is 1.53 bits per heavy atom. The zero-order valence-electron chi connectivity index (χ0n) is 23.9. The minimum Gasteiger partial charge on any atom is -0.544 e. The van der Waals surface area contributed by atoms with E-state index in [1.54, 1.807) is 0 Å². The fraction of sp³-hybridized carbons (Fsp3) is 0.630. The van der Waals surface area contributed by atoms with Gasteiger partial charge in [-0.25, -0.2) is 4.79 Å². The lowest BCUT2D eigenvalue weighted by Crippen LogP contribution is -2.36. The van der Waals surface area contributed by atoms with Crippen LogP contribution in [0.5, 0.6) is 11.5 Å². The van der Waals surface area contributed by atoms with Gasteiger partial charge in [-0.1, -0.05) is 12.2 Å². The van der Waals surface area contributed by atoms with Crippen molar-refractivity contribution in [2.45, 2.75) is 110 Å². The van der Waals surface area contributed by atoms with Gasteiger partial charge in [0.1, 0.15) is 28.9 Å². The number of ketones is 1. The molecule has 202 valence electrons. The van der Waals surface area contributed by atoms with Gasteiger partial charge in [0.25, 0.3) is 0 Å². The Bertz CT molecular complexity index is 954. The third-order valence-electron chi connectivity index (χ3n) is 5.15. The highest BCUT2D eigenvalue weighted by Crippen LogP contribution is 2.34. The first-order valence-corrected chi connectivity index (χ1v) is 23.3. The molecule has 0 bridgehead atoms. The lowest BCUT2D eigenvalue weighted by atomic mass is 10.0. The van der Waals surface area contributed by atoms with Crippen LogP contribution in [0.3, 0.4) is 0 Å². The number of esters is 1. The average Bonchev–Trinajstić information content (AvgIpc) is 2.62. The molecule has 0 saturated heterocycles. The third kappa shape index (κ3) is 11.1. The van der Waals surface area contributed by atoms with Crippen molar-refractivity contribution >= 4 is 42.8 Å². The van der Waals surface area contributed by atoms with Crippen LogP contribution in [-0.4, -0.2) is 48.9 Å². The standard InChI is InChI=1S/C27H46O6Si3/c1-20-16-23(31-34(2,3)4)18-22(28)15-13-11-12-14-21-17-24(32-35(5,6)7)19-25(33-36(8,9)10)26(21)27(29)30-20/h12,14,17,19-20,23H,11,13,15-16,18H2,1-10H3/b14-12+/t20-,23-/m0/s1. The number of cyclic esters (lactones) is 1. The fourth-order valence-electron chi connectivity index (χ4n) is 4.10. The van der Waals surface area contributed by atoms with E-state index < -0.39 is 37.0 Å². The molecule has 1 aliphatic rings. The van der Waals surface area contributed by atoms with E-state index in [0.717, 1.165) is 18.4 Å². The molecule has 1 aliphatic heterocycles. The largest absolute Gasteiger partial charge is 0.544 e. The molecule has 0 unspecified atom stereocenters. The minimum absolute atomic E-state index is 0.194. The van der Waals surface area contributed by atoms with E-state index in [4.69, 9.17) is 18.0 Å². The number of carbonyl (C=O) groups is 2. The van der Waals surface area contributed by atoms with Crippen molar-refractivity contribution in [2.24, 2.45) is 0 Å². The summed E-state index contributed by atoms with van der Waals surface area (Å²) in [6.45, 7) is 20.8. The van der Waals surface area contributed by atoms with Gasteiger partial charge in [0.05, 0.1) is 6.10 Å². The molecule has 2 rings (SSSR count). The summed E-state index contributed by atoms with van der Waals surface area (Å²) in [5.41, 5.74) is 1.15. The van der Waals surface area contributed by atoms with Gasteiger partial charge in [-0.2, -0.15) is 0 Å². The van der Waals surface area contributed by atoms with Crippen LogP contribution in [0.4, 0.5) is 0 Å². The summed E-state index contributed by atoms with van der Waals surface area (Å²) in [7, 11) is -5.81. The Morgan fingerprint density at radius 3 is 2.11 bits per heavy atom. The minimum atomic E-state index is -2.04. The fourth-order valence-corrected chi connectivity index (χ4v) is 6.93. The lowest BCUT2D eigenvalue weighted by Gasteiger charge is -2.29. The van der Waals surface area contributed by atoms with E-state index >= 15 is 0 Å². The number of ether oxygens (including phenoxy) is 1. The Hall–Kier alpha value is -1.69. The second-order valence-corrected chi connectivity index (χ2v) is 26.0. The van der Waals surface area contributed by atoms with Crippen LogP contribution in [0, 0.1) is 0 Å². The van der Waals surface area contributed by atoms with E-state index in [-0.39, 0.29) is 11.9 Å². The number of hydrogen-bond donors (Lipinski definition) is 0. The van der Waals surface area contributed by atoms with Gasteiger partial charge in [-0.15, -0.1) is 0 Å². The van der Waals surface area contributed by atoms with Crippen LogP contribution < -0.4 is 8.85 Å². The predicted molar refractivity (Wildman–Crippen MR) is 155 cm³/mol. The SMILES string of the molecule is C[C@H]1C[C@H](O[Si](C)(C)C)CC(=O)CCC/C=C/c2cc(O[Si](C)(C)C)cc(O[Si](C)(C)C)c2C(=O)O1. The summed E-state index contributed by atoms with van der Waals surface area (Å²) in [4.78, 5) is 26.2. The lowest BCUT2D eigenvalue weighted by molar-refractivity contribution is -0.121. The monoisotopic (exact) mass is 550 g/mol. The molecule has 0 saturated carbocycles. The maximum absolute atomic E-state index is 13.6. The summed E-state index contributed by atoms with van der Waals surface area (Å²) >= 11 is 0. The molecule has 0 fully saturated rings. The first-order valence-electron chi connectivity index (χ1n) is 13.0. The molecule has 0 N–H and O–H groups in total. The van der Waals surface area contributed by atoms with Crippen molar-refractivity contribution < 1.29 is 27.6 Å². The molecule has 9 heteroatoms. The van der Waals surface area contributed by atoms with Crippen LogP contribution in [0.2, 0.25) is 58.9 Å². The highest BCUT2D eigenvalue weighted by molar-refractivity contribution is 6.71. The van der Waals surface area contributed by atoms with Gasteiger partial charge in [0, 0.05) is 25.3 Å². The normalized spacial score (nSPS) is 21.7. The van der Waals surface area contributed by atoms with Crippen molar-refractivity contribution in [1.29, 1.82) is 0 Å². The summed E-state index contributed by atoms with van der Waals surface area (Å²) < 4.78 is 25.0. The predicted octanol–water partition coefficient (Wildman–Crippen LogP) is 7.43. The van der Waals surface area contributed by atoms with Crippen LogP contribution in [-0.2, 0) is 14.0 Å². The summed E-state index contributed by atoms with van der Waals surface area (Å²) in [5, 5.41) is 0. The number of fused-ring (bicyclic) bond motifs is 1. The maximum Gasteiger partial charge on any atom is 0.342 e. The van der Waals surface area contributed by atoms with Gasteiger partial charge in [0.2, 0.25) is 16.6 Å². The van der Waals surface area contributed by atoms with Gasteiger partial charge in [-0.3, -0.25) is 4.79 Å². The Balaban J connectivity index is 2.54. The third-order valence-corrected chi connectivity index (χ3v) is 7.87. The van der Waals surface area contributed by atoms with Crippen LogP contribution >= 0.6 is 0 Å². The van der Waals surface area contributed by atoms with Gasteiger partial charge >= 0.3 is 5.97 Å². The number of benzene rings is 1. The van der Waals surface area contributed by atoms with Crippen molar-refractivity contribution in [2.75, 3.05) is 0 Å². The molecular formula is C27H46O6Si3. The van der Waals surface area contributed by atoms with Crippen LogP contribution in [0.25, 0.3) is 6.08 Å². The number of rotatable bonds is 6. The summed E-state index contributed by atoms with van der Waals surface area (Å²) in [6, 6.07) is 3.75. The van der Waals surface area contributed by atoms with Crippen molar-refractivity contribution in [3.8, 4) is 11.5 Å². The first kappa shape index (κ1) is 30.5. The summed E-state index contributed by atoms with van der Waals surface area (Å²) in [5.74, 6) is 0.981. The second kappa shape index (κ2) is 12.2. The Kier molecular flexibility index (Phi) is 10.4. The number of hydrogen-bond acceptors (Lipinski definition) is 6. The van der Waals surface area contributed by atoms with E-state index in [1.807, 2.05) is 31.2 Å². The average molecular weight is 551 g/mol. The molecule has 0 spiro atoms. The Morgan fingerprint density at radius 1 is 0.889 bits per heavy atom. The smallest absolute Gasteiger partial charge is 0.342 e. The van der Waals surface area contributed by atoms with E-state index in [0.29, 0.717) is 36.3 Å². The molecule has 0 aromatic heterocycles. The molecule has 6 nitrogen and oxygen atoms in total. The molecule has 1 aromatic rings. The zero-order chi connectivity index (χ0) is 27.3. The molecule has 1 aromatic carbocycles. The highest BCUT2D eigenvalue weighted by Gasteiger charge is 2.30. The van der Waals surface area contributed by atoms with Crippen molar-refractivity contribution in [3.05, 3.63) is 29.3 Å². The molecule has 1 heterocycles. The summed E-state index contributed by atoms with van der Waals surface area (Å²) in [6.07, 6.45) is 6.12. The van der Waals surface area contributed by atoms with Gasteiger partial charge in [0.15, 0.2) is 8.32 Å². The van der Waals surface area contributed by atoms with Crippen molar-refractivity contribution in [3.63, 3.8) is 0 Å². The molecular weight excluding hydrogens is 505 g/mol. The van der Waals surface area contributed by atoms with Crippen LogP contribution in [0.1, 0.15) is 54.9 Å². The van der Waals surface area contributed by atoms with E-state index in [1.165, 1.54) is 0 Å². The molecule has 36 heavy (non-hydrogen) atoms. The number of carbonyl (C=O) groups excluding carboxylic acids is 2. The second-order valence-electron chi connectivity index (χ2n) is 12.7. The van der Waals surface area contributed by atoms with Gasteiger partial charge in [-0.05, 0) is 90.3 Å². The van der Waals surface area contributed by atoms with Crippen molar-refractivity contribution in [1.82, 2.24) is 0 Å². The van der Waals surface area contributed by atoms with Gasteiger partial charge < -0.3 is 18.0 Å². The zero-order valence-corrected chi connectivity index (χ0v) is 26.9. The molecule has 0 radical (unpaired) electrons. The topological polar surface area (TPSA) is 71.1 Å². The molecule has 2 atom stereocenters. The van der Waals surface area contributed by atoms with Crippen LogP contribution in [0.15, 0.2) is 18.2 Å². The molecule has 0 amide bonds. The number of allylic oxidation sites excluding steroid dienone is 1.